The van der Waals surface area contributed by atoms with Crippen LogP contribution in [0.5, 0.6) is 5.75 Å². The van der Waals surface area contributed by atoms with Crippen LogP contribution in [-0.4, -0.2) is 0 Å². The SMILES string of the molecule is CC[C@H](N)c1ccc(OCc2cc(Cl)ccc2Cl)cc1. The van der Waals surface area contributed by atoms with Crippen molar-refractivity contribution in [3.8, 4) is 5.75 Å². The average Bonchev–Trinajstić information content (AvgIpc) is 2.48. The Morgan fingerprint density at radius 3 is 2.45 bits per heavy atom. The molecule has 0 radical (unpaired) electrons. The first kappa shape index (κ1) is 15.2. The van der Waals surface area contributed by atoms with Gasteiger partial charge in [0.1, 0.15) is 12.4 Å². The van der Waals surface area contributed by atoms with Crippen molar-refractivity contribution < 1.29 is 4.74 Å². The zero-order valence-electron chi connectivity index (χ0n) is 11.3. The molecule has 2 aromatic rings. The van der Waals surface area contributed by atoms with E-state index in [9.17, 15) is 0 Å². The molecule has 0 aliphatic rings. The third kappa shape index (κ3) is 3.89. The summed E-state index contributed by atoms with van der Waals surface area (Å²) in [6, 6.07) is 13.2. The molecule has 0 spiro atoms. The van der Waals surface area contributed by atoms with Crippen molar-refractivity contribution in [2.75, 3.05) is 0 Å². The highest BCUT2D eigenvalue weighted by atomic mass is 35.5. The first-order valence-electron chi connectivity index (χ1n) is 6.52. The van der Waals surface area contributed by atoms with E-state index in [0.29, 0.717) is 16.7 Å². The van der Waals surface area contributed by atoms with E-state index in [1.165, 1.54) is 0 Å². The van der Waals surface area contributed by atoms with Crippen molar-refractivity contribution >= 4 is 23.2 Å². The molecule has 2 rings (SSSR count). The van der Waals surface area contributed by atoms with Crippen LogP contribution in [0.15, 0.2) is 42.5 Å². The molecule has 0 fully saturated rings. The van der Waals surface area contributed by atoms with E-state index in [-0.39, 0.29) is 6.04 Å². The van der Waals surface area contributed by atoms with Crippen LogP contribution >= 0.6 is 23.2 Å². The summed E-state index contributed by atoms with van der Waals surface area (Å²) in [6.45, 7) is 2.45. The second kappa shape index (κ2) is 6.98. The summed E-state index contributed by atoms with van der Waals surface area (Å²) in [5, 5.41) is 1.30. The lowest BCUT2D eigenvalue weighted by Crippen LogP contribution is -2.08. The van der Waals surface area contributed by atoms with Crippen molar-refractivity contribution in [1.82, 2.24) is 0 Å². The summed E-state index contributed by atoms with van der Waals surface area (Å²) >= 11 is 12.0. The lowest BCUT2D eigenvalue weighted by molar-refractivity contribution is 0.306. The van der Waals surface area contributed by atoms with Crippen LogP contribution in [0, 0.1) is 0 Å². The fourth-order valence-corrected chi connectivity index (χ4v) is 2.23. The fraction of sp³-hybridized carbons (Fsp3) is 0.250. The van der Waals surface area contributed by atoms with Crippen molar-refractivity contribution in [3.63, 3.8) is 0 Å². The highest BCUT2D eigenvalue weighted by Gasteiger charge is 2.05. The van der Waals surface area contributed by atoms with Crippen LogP contribution in [0.2, 0.25) is 10.0 Å². The molecule has 2 aromatic carbocycles. The van der Waals surface area contributed by atoms with Crippen molar-refractivity contribution in [3.05, 3.63) is 63.6 Å². The molecule has 0 aromatic heterocycles. The molecule has 0 aliphatic carbocycles. The number of hydrogen-bond acceptors (Lipinski definition) is 2. The van der Waals surface area contributed by atoms with Crippen LogP contribution in [0.1, 0.15) is 30.5 Å². The van der Waals surface area contributed by atoms with E-state index in [2.05, 4.69) is 6.92 Å². The van der Waals surface area contributed by atoms with E-state index >= 15 is 0 Å². The maximum atomic E-state index is 6.09. The second-order valence-corrected chi connectivity index (χ2v) is 5.45. The lowest BCUT2D eigenvalue weighted by atomic mass is 10.1. The van der Waals surface area contributed by atoms with Crippen molar-refractivity contribution in [1.29, 1.82) is 0 Å². The highest BCUT2D eigenvalue weighted by Crippen LogP contribution is 2.23. The Kier molecular flexibility index (Phi) is 5.30. The van der Waals surface area contributed by atoms with Gasteiger partial charge in [-0.15, -0.1) is 0 Å². The molecule has 0 unspecified atom stereocenters. The summed E-state index contributed by atoms with van der Waals surface area (Å²) in [6.07, 6.45) is 0.915. The van der Waals surface area contributed by atoms with Gasteiger partial charge in [0, 0.05) is 21.7 Å². The van der Waals surface area contributed by atoms with Crippen LogP contribution in [-0.2, 0) is 6.61 Å². The maximum absolute atomic E-state index is 6.09. The van der Waals surface area contributed by atoms with Crippen molar-refractivity contribution in [2.45, 2.75) is 26.0 Å². The normalized spacial score (nSPS) is 12.2. The van der Waals surface area contributed by atoms with E-state index in [1.807, 2.05) is 30.3 Å². The Morgan fingerprint density at radius 2 is 1.80 bits per heavy atom. The van der Waals surface area contributed by atoms with Gasteiger partial charge in [0.25, 0.3) is 0 Å². The predicted molar refractivity (Wildman–Crippen MR) is 84.5 cm³/mol. The molecule has 0 saturated carbocycles. The Balaban J connectivity index is 2.02. The zero-order valence-corrected chi connectivity index (χ0v) is 12.8. The van der Waals surface area contributed by atoms with Gasteiger partial charge < -0.3 is 10.5 Å². The topological polar surface area (TPSA) is 35.2 Å². The zero-order chi connectivity index (χ0) is 14.5. The minimum atomic E-state index is 0.0754. The van der Waals surface area contributed by atoms with E-state index < -0.39 is 0 Å². The van der Waals surface area contributed by atoms with Gasteiger partial charge >= 0.3 is 0 Å². The Morgan fingerprint density at radius 1 is 1.10 bits per heavy atom. The van der Waals surface area contributed by atoms with Crippen LogP contribution in [0.3, 0.4) is 0 Å². The predicted octanol–water partition coefficient (Wildman–Crippen LogP) is 4.98. The summed E-state index contributed by atoms with van der Waals surface area (Å²) < 4.78 is 5.71. The summed E-state index contributed by atoms with van der Waals surface area (Å²) in [5.74, 6) is 0.785. The summed E-state index contributed by atoms with van der Waals surface area (Å²) in [5.41, 5.74) is 7.95. The van der Waals surface area contributed by atoms with Gasteiger partial charge in [-0.05, 0) is 42.3 Å². The molecule has 0 heterocycles. The first-order valence-corrected chi connectivity index (χ1v) is 7.28. The molecule has 106 valence electrons. The monoisotopic (exact) mass is 309 g/mol. The fourth-order valence-electron chi connectivity index (χ4n) is 1.86. The number of ether oxygens (including phenoxy) is 1. The van der Waals surface area contributed by atoms with Crippen LogP contribution < -0.4 is 10.5 Å². The second-order valence-electron chi connectivity index (χ2n) is 4.61. The smallest absolute Gasteiger partial charge is 0.119 e. The Hall–Kier alpha value is -1.22. The highest BCUT2D eigenvalue weighted by molar-refractivity contribution is 6.33. The Labute approximate surface area is 129 Å². The minimum absolute atomic E-state index is 0.0754. The van der Waals surface area contributed by atoms with Gasteiger partial charge in [0.05, 0.1) is 0 Å². The number of nitrogens with two attached hydrogens (primary N) is 1. The molecule has 4 heteroatoms. The first-order chi connectivity index (χ1) is 9.60. The molecule has 0 amide bonds. The Bertz CT molecular complexity index is 569. The lowest BCUT2D eigenvalue weighted by Gasteiger charge is -2.11. The standard InChI is InChI=1S/C16H17Cl2NO/c1-2-16(19)11-3-6-14(7-4-11)20-10-12-9-13(17)5-8-15(12)18/h3-9,16H,2,10,19H2,1H3/t16-/m0/s1. The number of benzene rings is 2. The van der Waals surface area contributed by atoms with Gasteiger partial charge in [-0.2, -0.15) is 0 Å². The third-order valence-corrected chi connectivity index (χ3v) is 3.75. The molecule has 0 aliphatic heterocycles. The maximum Gasteiger partial charge on any atom is 0.119 e. The summed E-state index contributed by atoms with van der Waals surface area (Å²) in [7, 11) is 0. The molecule has 2 N–H and O–H groups in total. The number of halogens is 2. The number of hydrogen-bond donors (Lipinski definition) is 1. The van der Waals surface area contributed by atoms with Crippen molar-refractivity contribution in [2.24, 2.45) is 5.73 Å². The molecular formula is C16H17Cl2NO. The number of rotatable bonds is 5. The van der Waals surface area contributed by atoms with E-state index in [4.69, 9.17) is 33.7 Å². The van der Waals surface area contributed by atoms with Gasteiger partial charge in [0.2, 0.25) is 0 Å². The van der Waals surface area contributed by atoms with Crippen LogP contribution in [0.25, 0.3) is 0 Å². The van der Waals surface area contributed by atoms with Gasteiger partial charge in [-0.3, -0.25) is 0 Å². The third-order valence-electron chi connectivity index (χ3n) is 3.15. The van der Waals surface area contributed by atoms with Gasteiger partial charge in [-0.1, -0.05) is 42.3 Å². The molecule has 0 bridgehead atoms. The summed E-state index contributed by atoms with van der Waals surface area (Å²) in [4.78, 5) is 0. The van der Waals surface area contributed by atoms with Crippen LogP contribution in [0.4, 0.5) is 0 Å². The minimum Gasteiger partial charge on any atom is -0.489 e. The molecule has 20 heavy (non-hydrogen) atoms. The molecular weight excluding hydrogens is 293 g/mol. The largest absolute Gasteiger partial charge is 0.489 e. The average molecular weight is 310 g/mol. The van der Waals surface area contributed by atoms with Gasteiger partial charge in [-0.25, -0.2) is 0 Å². The van der Waals surface area contributed by atoms with E-state index in [0.717, 1.165) is 23.3 Å². The molecule has 0 saturated heterocycles. The molecule has 1 atom stereocenters. The quantitative estimate of drug-likeness (QED) is 0.845. The molecule has 2 nitrogen and oxygen atoms in total. The van der Waals surface area contributed by atoms with Gasteiger partial charge in [0.15, 0.2) is 0 Å². The van der Waals surface area contributed by atoms with E-state index in [1.54, 1.807) is 12.1 Å².